The van der Waals surface area contributed by atoms with Crippen molar-refractivity contribution in [2.45, 2.75) is 65.5 Å². The molecular formula is C17H27N. The van der Waals surface area contributed by atoms with Gasteiger partial charge < -0.3 is 5.32 Å². The van der Waals surface area contributed by atoms with Crippen molar-refractivity contribution < 1.29 is 0 Å². The molecule has 0 radical (unpaired) electrons. The van der Waals surface area contributed by atoms with Crippen molar-refractivity contribution in [3.8, 4) is 0 Å². The Kier molecular flexibility index (Phi) is 4.82. The summed E-state index contributed by atoms with van der Waals surface area (Å²) in [5, 5.41) is 3.74. The summed E-state index contributed by atoms with van der Waals surface area (Å²) in [4.78, 5) is 0. The first-order valence-corrected chi connectivity index (χ1v) is 7.48. The van der Waals surface area contributed by atoms with Gasteiger partial charge in [-0.1, -0.05) is 42.7 Å². The Labute approximate surface area is 112 Å². The Balaban J connectivity index is 1.81. The average Bonchev–Trinajstić information content (AvgIpc) is 2.36. The number of rotatable bonds is 4. The van der Waals surface area contributed by atoms with Crippen LogP contribution < -0.4 is 5.32 Å². The molecule has 18 heavy (non-hydrogen) atoms. The molecule has 0 spiro atoms. The molecule has 1 aliphatic rings. The standard InChI is InChI=1S/C17H27N/c1-4-15-5-7-17(8-6-15)18-12-16-10-13(2)9-14(3)11-16/h9-11,15,17-18H,4-8,12H2,1-3H3. The molecule has 0 heterocycles. The monoisotopic (exact) mass is 245 g/mol. The van der Waals surface area contributed by atoms with Crippen LogP contribution in [-0.2, 0) is 6.54 Å². The van der Waals surface area contributed by atoms with Gasteiger partial charge in [-0.05, 0) is 51.0 Å². The van der Waals surface area contributed by atoms with Gasteiger partial charge in [0, 0.05) is 12.6 Å². The topological polar surface area (TPSA) is 12.0 Å². The summed E-state index contributed by atoms with van der Waals surface area (Å²) in [6, 6.07) is 7.60. The Morgan fingerprint density at radius 1 is 1.00 bits per heavy atom. The summed E-state index contributed by atoms with van der Waals surface area (Å²) in [7, 11) is 0. The van der Waals surface area contributed by atoms with Crippen LogP contribution in [0.3, 0.4) is 0 Å². The lowest BCUT2D eigenvalue weighted by Crippen LogP contribution is -2.32. The Morgan fingerprint density at radius 3 is 2.17 bits per heavy atom. The van der Waals surface area contributed by atoms with Crippen LogP contribution in [0.4, 0.5) is 0 Å². The molecule has 1 aromatic carbocycles. The smallest absolute Gasteiger partial charge is 0.0208 e. The van der Waals surface area contributed by atoms with Gasteiger partial charge in [-0.15, -0.1) is 0 Å². The molecule has 0 aromatic heterocycles. The minimum absolute atomic E-state index is 0.744. The molecule has 2 rings (SSSR count). The summed E-state index contributed by atoms with van der Waals surface area (Å²) in [5.41, 5.74) is 4.19. The van der Waals surface area contributed by atoms with Gasteiger partial charge in [0.2, 0.25) is 0 Å². The van der Waals surface area contributed by atoms with E-state index in [9.17, 15) is 0 Å². The van der Waals surface area contributed by atoms with Gasteiger partial charge in [0.05, 0.1) is 0 Å². The lowest BCUT2D eigenvalue weighted by molar-refractivity contribution is 0.285. The molecule has 0 unspecified atom stereocenters. The van der Waals surface area contributed by atoms with Crippen molar-refractivity contribution in [2.75, 3.05) is 0 Å². The fourth-order valence-corrected chi connectivity index (χ4v) is 3.21. The SMILES string of the molecule is CCC1CCC(NCc2cc(C)cc(C)c2)CC1. The number of aryl methyl sites for hydroxylation is 2. The van der Waals surface area contributed by atoms with Crippen LogP contribution >= 0.6 is 0 Å². The van der Waals surface area contributed by atoms with Gasteiger partial charge in [0.1, 0.15) is 0 Å². The van der Waals surface area contributed by atoms with E-state index in [-0.39, 0.29) is 0 Å². The highest BCUT2D eigenvalue weighted by atomic mass is 14.9. The summed E-state index contributed by atoms with van der Waals surface area (Å²) in [6.07, 6.45) is 6.93. The van der Waals surface area contributed by atoms with Crippen LogP contribution in [0.25, 0.3) is 0 Å². The molecular weight excluding hydrogens is 218 g/mol. The van der Waals surface area contributed by atoms with Crippen LogP contribution in [0.1, 0.15) is 55.7 Å². The average molecular weight is 245 g/mol. The fraction of sp³-hybridized carbons (Fsp3) is 0.647. The summed E-state index contributed by atoms with van der Waals surface area (Å²) < 4.78 is 0. The van der Waals surface area contributed by atoms with Crippen LogP contribution in [0.2, 0.25) is 0 Å². The first kappa shape index (κ1) is 13.6. The largest absolute Gasteiger partial charge is 0.310 e. The van der Waals surface area contributed by atoms with Crippen LogP contribution in [-0.4, -0.2) is 6.04 Å². The number of hydrogen-bond acceptors (Lipinski definition) is 1. The first-order valence-electron chi connectivity index (χ1n) is 7.48. The van der Waals surface area contributed by atoms with E-state index in [0.29, 0.717) is 0 Å². The number of benzene rings is 1. The molecule has 1 nitrogen and oxygen atoms in total. The third-order valence-electron chi connectivity index (χ3n) is 4.30. The second-order valence-corrected chi connectivity index (χ2v) is 6.00. The molecule has 0 aliphatic heterocycles. The molecule has 1 saturated carbocycles. The van der Waals surface area contributed by atoms with E-state index in [1.807, 2.05) is 0 Å². The van der Waals surface area contributed by atoms with Gasteiger partial charge in [-0.25, -0.2) is 0 Å². The van der Waals surface area contributed by atoms with E-state index in [0.717, 1.165) is 18.5 Å². The van der Waals surface area contributed by atoms with Gasteiger partial charge >= 0.3 is 0 Å². The van der Waals surface area contributed by atoms with Gasteiger partial charge in [-0.2, -0.15) is 0 Å². The van der Waals surface area contributed by atoms with E-state index >= 15 is 0 Å². The van der Waals surface area contributed by atoms with Crippen molar-refractivity contribution in [3.05, 3.63) is 34.9 Å². The van der Waals surface area contributed by atoms with E-state index in [1.54, 1.807) is 0 Å². The molecule has 100 valence electrons. The van der Waals surface area contributed by atoms with Gasteiger partial charge in [-0.3, -0.25) is 0 Å². The molecule has 0 bridgehead atoms. The Morgan fingerprint density at radius 2 is 1.61 bits per heavy atom. The van der Waals surface area contributed by atoms with Crippen molar-refractivity contribution in [1.29, 1.82) is 0 Å². The predicted molar refractivity (Wildman–Crippen MR) is 78.8 cm³/mol. The lowest BCUT2D eigenvalue weighted by Gasteiger charge is -2.28. The summed E-state index contributed by atoms with van der Waals surface area (Å²) in [5.74, 6) is 0.990. The molecule has 1 aromatic rings. The molecule has 0 amide bonds. The van der Waals surface area contributed by atoms with E-state index in [1.165, 1.54) is 48.8 Å². The Bertz CT molecular complexity index is 355. The number of hydrogen-bond donors (Lipinski definition) is 1. The molecule has 1 heteroatoms. The van der Waals surface area contributed by atoms with Crippen LogP contribution in [0.15, 0.2) is 18.2 Å². The van der Waals surface area contributed by atoms with Crippen molar-refractivity contribution in [2.24, 2.45) is 5.92 Å². The summed E-state index contributed by atoms with van der Waals surface area (Å²) >= 11 is 0. The van der Waals surface area contributed by atoms with Crippen molar-refractivity contribution >= 4 is 0 Å². The second kappa shape index (κ2) is 6.38. The van der Waals surface area contributed by atoms with E-state index in [4.69, 9.17) is 0 Å². The number of nitrogens with one attached hydrogen (secondary N) is 1. The third-order valence-corrected chi connectivity index (χ3v) is 4.30. The highest BCUT2D eigenvalue weighted by Crippen LogP contribution is 2.26. The molecule has 1 aliphatic carbocycles. The highest BCUT2D eigenvalue weighted by molar-refractivity contribution is 5.28. The van der Waals surface area contributed by atoms with Crippen LogP contribution in [0.5, 0.6) is 0 Å². The zero-order chi connectivity index (χ0) is 13.0. The summed E-state index contributed by atoms with van der Waals surface area (Å²) in [6.45, 7) is 7.73. The maximum atomic E-state index is 3.74. The highest BCUT2D eigenvalue weighted by Gasteiger charge is 2.19. The molecule has 1 fully saturated rings. The first-order chi connectivity index (χ1) is 8.67. The molecule has 0 atom stereocenters. The van der Waals surface area contributed by atoms with E-state index in [2.05, 4.69) is 44.3 Å². The molecule has 1 N–H and O–H groups in total. The third kappa shape index (κ3) is 3.84. The van der Waals surface area contributed by atoms with Crippen molar-refractivity contribution in [3.63, 3.8) is 0 Å². The van der Waals surface area contributed by atoms with Gasteiger partial charge in [0.25, 0.3) is 0 Å². The Hall–Kier alpha value is -0.820. The maximum Gasteiger partial charge on any atom is 0.0208 e. The predicted octanol–water partition coefficient (Wildman–Crippen LogP) is 4.36. The van der Waals surface area contributed by atoms with Crippen LogP contribution in [0, 0.1) is 19.8 Å². The molecule has 0 saturated heterocycles. The zero-order valence-corrected chi connectivity index (χ0v) is 12.1. The minimum Gasteiger partial charge on any atom is -0.310 e. The minimum atomic E-state index is 0.744. The van der Waals surface area contributed by atoms with E-state index < -0.39 is 0 Å². The normalized spacial score (nSPS) is 24.2. The van der Waals surface area contributed by atoms with Gasteiger partial charge in [0.15, 0.2) is 0 Å². The second-order valence-electron chi connectivity index (χ2n) is 6.00. The fourth-order valence-electron chi connectivity index (χ4n) is 3.21. The lowest BCUT2D eigenvalue weighted by atomic mass is 9.84. The quantitative estimate of drug-likeness (QED) is 0.831. The van der Waals surface area contributed by atoms with Crippen molar-refractivity contribution in [1.82, 2.24) is 5.32 Å². The maximum absolute atomic E-state index is 3.74. The zero-order valence-electron chi connectivity index (χ0n) is 12.1.